The maximum atomic E-state index is 12.1. The summed E-state index contributed by atoms with van der Waals surface area (Å²) in [6.45, 7) is 0.0367. The Balaban J connectivity index is 2.01. The van der Waals surface area contributed by atoms with Gasteiger partial charge in [0.25, 0.3) is 11.8 Å². The van der Waals surface area contributed by atoms with Crippen molar-refractivity contribution in [2.45, 2.75) is 31.7 Å². The van der Waals surface area contributed by atoms with Gasteiger partial charge in [-0.15, -0.1) is 0 Å². The molecule has 6 heteroatoms. The molecule has 1 saturated carbocycles. The Labute approximate surface area is 116 Å². The molecule has 1 aromatic carbocycles. The normalized spacial score (nSPS) is 18.6. The maximum Gasteiger partial charge on any atom is 0.274 e. The number of carbonyl (C=O) groups excluding carboxylic acids is 2. The molecule has 0 atom stereocenters. The van der Waals surface area contributed by atoms with Crippen molar-refractivity contribution >= 4 is 17.5 Å². The van der Waals surface area contributed by atoms with Gasteiger partial charge in [-0.3, -0.25) is 14.8 Å². The van der Waals surface area contributed by atoms with E-state index >= 15 is 0 Å². The lowest BCUT2D eigenvalue weighted by Gasteiger charge is -2.34. The third-order valence-corrected chi connectivity index (χ3v) is 3.89. The molecule has 1 aromatic rings. The number of rotatable bonds is 2. The Kier molecular flexibility index (Phi) is 3.31. The molecule has 2 N–H and O–H groups in total. The molecule has 0 aromatic heterocycles. The van der Waals surface area contributed by atoms with Crippen molar-refractivity contribution < 1.29 is 19.5 Å². The molecular weight excluding hydrogens is 260 g/mol. The summed E-state index contributed by atoms with van der Waals surface area (Å²) < 4.78 is 5.41. The highest BCUT2D eigenvalue weighted by Gasteiger charge is 2.33. The van der Waals surface area contributed by atoms with Crippen LogP contribution in [0.5, 0.6) is 5.75 Å². The van der Waals surface area contributed by atoms with Crippen molar-refractivity contribution in [3.8, 4) is 5.75 Å². The zero-order valence-electron chi connectivity index (χ0n) is 11.0. The van der Waals surface area contributed by atoms with Crippen molar-refractivity contribution in [2.75, 3.05) is 11.5 Å². The van der Waals surface area contributed by atoms with Crippen molar-refractivity contribution in [3.05, 3.63) is 23.8 Å². The minimum atomic E-state index is -0.600. The second kappa shape index (κ2) is 5.13. The summed E-state index contributed by atoms with van der Waals surface area (Å²) in [5.74, 6) is -0.0749. The molecule has 0 saturated heterocycles. The molecule has 3 rings (SSSR count). The number of amides is 2. The lowest BCUT2D eigenvalue weighted by Crippen LogP contribution is -2.44. The third-order valence-electron chi connectivity index (χ3n) is 3.89. The summed E-state index contributed by atoms with van der Waals surface area (Å²) >= 11 is 0. The Bertz CT molecular complexity index is 552. The van der Waals surface area contributed by atoms with Crippen LogP contribution in [0.1, 0.15) is 36.0 Å². The first-order valence-electron chi connectivity index (χ1n) is 6.74. The van der Waals surface area contributed by atoms with Gasteiger partial charge in [-0.25, -0.2) is 5.48 Å². The van der Waals surface area contributed by atoms with Crippen molar-refractivity contribution in [1.29, 1.82) is 0 Å². The lowest BCUT2D eigenvalue weighted by molar-refractivity contribution is -0.121. The van der Waals surface area contributed by atoms with E-state index in [0.29, 0.717) is 17.0 Å². The van der Waals surface area contributed by atoms with Crippen LogP contribution < -0.4 is 15.1 Å². The number of hydrogen-bond acceptors (Lipinski definition) is 4. The second-order valence-electron chi connectivity index (χ2n) is 5.11. The van der Waals surface area contributed by atoms with Gasteiger partial charge in [0, 0.05) is 11.6 Å². The quantitative estimate of drug-likeness (QED) is 0.633. The van der Waals surface area contributed by atoms with E-state index in [1.165, 1.54) is 0 Å². The third kappa shape index (κ3) is 2.12. The fourth-order valence-electron chi connectivity index (χ4n) is 2.94. The molecule has 1 aliphatic carbocycles. The van der Waals surface area contributed by atoms with E-state index in [0.717, 1.165) is 25.7 Å². The number of carbonyl (C=O) groups is 2. The molecule has 0 radical (unpaired) electrons. The number of nitrogens with one attached hydrogen (secondary N) is 1. The van der Waals surface area contributed by atoms with Gasteiger partial charge in [0.2, 0.25) is 0 Å². The van der Waals surface area contributed by atoms with Gasteiger partial charge in [0.05, 0.1) is 5.69 Å². The standard InChI is InChI=1S/C14H16N2O4/c17-13-8-20-12-6-5-9(14(18)15-19)7-11(12)16(13)10-3-1-2-4-10/h5-7,10,19H,1-4,8H2,(H,15,18). The van der Waals surface area contributed by atoms with Crippen LogP contribution in [0.3, 0.4) is 0 Å². The van der Waals surface area contributed by atoms with Crippen molar-refractivity contribution in [1.82, 2.24) is 5.48 Å². The molecule has 2 amide bonds. The smallest absolute Gasteiger partial charge is 0.274 e. The van der Waals surface area contributed by atoms with Gasteiger partial charge in [-0.2, -0.15) is 0 Å². The average molecular weight is 276 g/mol. The van der Waals surface area contributed by atoms with Gasteiger partial charge in [-0.05, 0) is 31.0 Å². The minimum Gasteiger partial charge on any atom is -0.482 e. The average Bonchev–Trinajstić information content (AvgIpc) is 2.99. The van der Waals surface area contributed by atoms with Crippen molar-refractivity contribution in [3.63, 3.8) is 0 Å². The maximum absolute atomic E-state index is 12.1. The molecule has 106 valence electrons. The number of ether oxygens (including phenoxy) is 1. The Morgan fingerprint density at radius 1 is 1.35 bits per heavy atom. The highest BCUT2D eigenvalue weighted by Crippen LogP contribution is 2.37. The van der Waals surface area contributed by atoms with Gasteiger partial charge >= 0.3 is 0 Å². The van der Waals surface area contributed by atoms with E-state index in [1.54, 1.807) is 28.6 Å². The van der Waals surface area contributed by atoms with E-state index < -0.39 is 5.91 Å². The van der Waals surface area contributed by atoms with Crippen LogP contribution in [0.2, 0.25) is 0 Å². The van der Waals surface area contributed by atoms with Crippen LogP contribution in [0.25, 0.3) is 0 Å². The Hall–Kier alpha value is -2.08. The van der Waals surface area contributed by atoms with E-state index in [-0.39, 0.29) is 18.6 Å². The molecule has 1 aliphatic heterocycles. The molecule has 0 unspecified atom stereocenters. The number of nitrogens with zero attached hydrogens (tertiary/aromatic N) is 1. The fraction of sp³-hybridized carbons (Fsp3) is 0.429. The zero-order chi connectivity index (χ0) is 14.1. The molecular formula is C14H16N2O4. The topological polar surface area (TPSA) is 78.9 Å². The molecule has 1 heterocycles. The zero-order valence-corrected chi connectivity index (χ0v) is 11.0. The largest absolute Gasteiger partial charge is 0.482 e. The first kappa shape index (κ1) is 12.9. The minimum absolute atomic E-state index is 0.0367. The van der Waals surface area contributed by atoms with Crippen LogP contribution in [0.15, 0.2) is 18.2 Å². The summed E-state index contributed by atoms with van der Waals surface area (Å²) in [6.07, 6.45) is 4.17. The molecule has 20 heavy (non-hydrogen) atoms. The molecule has 2 aliphatic rings. The predicted octanol–water partition coefficient (Wildman–Crippen LogP) is 1.47. The van der Waals surface area contributed by atoms with Crippen LogP contribution in [-0.2, 0) is 4.79 Å². The molecule has 0 spiro atoms. The fourth-order valence-corrected chi connectivity index (χ4v) is 2.94. The highest BCUT2D eigenvalue weighted by atomic mass is 16.5. The van der Waals surface area contributed by atoms with Gasteiger partial charge in [0.15, 0.2) is 6.61 Å². The summed E-state index contributed by atoms with van der Waals surface area (Å²) in [5, 5.41) is 8.71. The first-order chi connectivity index (χ1) is 9.70. The van der Waals surface area contributed by atoms with Gasteiger partial charge < -0.3 is 9.64 Å². The molecule has 0 bridgehead atoms. The molecule has 1 fully saturated rings. The molecule has 6 nitrogen and oxygen atoms in total. The van der Waals surface area contributed by atoms with Crippen LogP contribution in [-0.4, -0.2) is 29.7 Å². The predicted molar refractivity (Wildman–Crippen MR) is 70.9 cm³/mol. The Morgan fingerprint density at radius 3 is 2.80 bits per heavy atom. The summed E-state index contributed by atoms with van der Waals surface area (Å²) in [4.78, 5) is 25.4. The number of fused-ring (bicyclic) bond motifs is 1. The summed E-state index contributed by atoms with van der Waals surface area (Å²) in [6, 6.07) is 5.00. The van der Waals surface area contributed by atoms with E-state index in [1.807, 2.05) is 0 Å². The summed E-state index contributed by atoms with van der Waals surface area (Å²) in [5.41, 5.74) is 2.52. The van der Waals surface area contributed by atoms with E-state index in [2.05, 4.69) is 0 Å². The number of benzene rings is 1. The SMILES string of the molecule is O=C(NO)c1ccc2c(c1)N(C1CCCC1)C(=O)CO2. The van der Waals surface area contributed by atoms with E-state index in [9.17, 15) is 9.59 Å². The summed E-state index contributed by atoms with van der Waals surface area (Å²) in [7, 11) is 0. The highest BCUT2D eigenvalue weighted by molar-refractivity contribution is 6.01. The Morgan fingerprint density at radius 2 is 2.10 bits per heavy atom. The first-order valence-corrected chi connectivity index (χ1v) is 6.74. The number of hydroxylamine groups is 1. The van der Waals surface area contributed by atoms with Crippen LogP contribution in [0.4, 0.5) is 5.69 Å². The van der Waals surface area contributed by atoms with Gasteiger partial charge in [0.1, 0.15) is 5.75 Å². The van der Waals surface area contributed by atoms with Crippen LogP contribution in [0, 0.1) is 0 Å². The second-order valence-corrected chi connectivity index (χ2v) is 5.11. The van der Waals surface area contributed by atoms with E-state index in [4.69, 9.17) is 9.94 Å². The monoisotopic (exact) mass is 276 g/mol. The van der Waals surface area contributed by atoms with Gasteiger partial charge in [-0.1, -0.05) is 12.8 Å². The number of hydrogen-bond donors (Lipinski definition) is 2. The number of anilines is 1. The lowest BCUT2D eigenvalue weighted by atomic mass is 10.1. The van der Waals surface area contributed by atoms with Crippen molar-refractivity contribution in [2.24, 2.45) is 0 Å². The van der Waals surface area contributed by atoms with Crippen LogP contribution >= 0.6 is 0 Å².